The van der Waals surface area contributed by atoms with Gasteiger partial charge in [0.1, 0.15) is 30.2 Å². The number of rotatable bonds is 10. The van der Waals surface area contributed by atoms with Gasteiger partial charge >= 0.3 is 5.97 Å². The number of carbonyl (C=O) groups is 2. The number of ether oxygens (including phenoxy) is 3. The maximum Gasteiger partial charge on any atom is 0.311 e. The molecule has 5 atom stereocenters. The number of aliphatic hydroxyl groups is 4. The van der Waals surface area contributed by atoms with Gasteiger partial charge in [-0.15, -0.1) is 0 Å². The molecular formula is C35H39N3O9. The zero-order valence-electron chi connectivity index (χ0n) is 25.9. The van der Waals surface area contributed by atoms with Gasteiger partial charge < -0.3 is 44.4 Å². The second-order valence-electron chi connectivity index (χ2n) is 11.8. The van der Waals surface area contributed by atoms with Gasteiger partial charge in [0, 0.05) is 61.7 Å². The maximum absolute atomic E-state index is 13.9. The number of benzene rings is 3. The van der Waals surface area contributed by atoms with Gasteiger partial charge in [0.2, 0.25) is 0 Å². The highest BCUT2D eigenvalue weighted by Gasteiger charge is 2.44. The number of esters is 1. The van der Waals surface area contributed by atoms with Crippen LogP contribution in [0.4, 0.5) is 5.69 Å². The van der Waals surface area contributed by atoms with Crippen LogP contribution in [0.25, 0.3) is 21.8 Å². The van der Waals surface area contributed by atoms with Crippen molar-refractivity contribution in [3.63, 3.8) is 0 Å². The van der Waals surface area contributed by atoms with Crippen molar-refractivity contribution in [1.29, 1.82) is 0 Å². The van der Waals surface area contributed by atoms with Crippen molar-refractivity contribution in [3.05, 3.63) is 78.4 Å². The molecule has 0 aliphatic carbocycles. The van der Waals surface area contributed by atoms with E-state index in [0.717, 1.165) is 27.5 Å². The van der Waals surface area contributed by atoms with Gasteiger partial charge in [0.25, 0.3) is 5.91 Å². The SMILES string of the molecule is O=C(CCCCOC1C(O)C(O)OC(CO)C1O)Oc1cccc(N2CCN(C(=O)c3c4ccccc4nc4ccccc34)CC2)c1. The average molecular weight is 646 g/mol. The van der Waals surface area contributed by atoms with Gasteiger partial charge in [-0.25, -0.2) is 4.98 Å². The molecule has 2 fully saturated rings. The number of hydrogen-bond donors (Lipinski definition) is 4. The van der Waals surface area contributed by atoms with Crippen LogP contribution >= 0.6 is 0 Å². The quantitative estimate of drug-likeness (QED) is 0.0866. The highest BCUT2D eigenvalue weighted by molar-refractivity contribution is 6.16. The molecule has 4 N–H and O–H groups in total. The number of hydrogen-bond acceptors (Lipinski definition) is 11. The summed E-state index contributed by atoms with van der Waals surface area (Å²) in [5, 5.41) is 41.0. The lowest BCUT2D eigenvalue weighted by Gasteiger charge is -2.39. The third-order valence-electron chi connectivity index (χ3n) is 8.71. The highest BCUT2D eigenvalue weighted by Crippen LogP contribution is 2.29. The zero-order valence-corrected chi connectivity index (χ0v) is 25.9. The molecule has 2 saturated heterocycles. The Balaban J connectivity index is 0.994. The molecule has 5 unspecified atom stereocenters. The van der Waals surface area contributed by atoms with Gasteiger partial charge in [0.15, 0.2) is 6.29 Å². The Bertz CT molecular complexity index is 1660. The largest absolute Gasteiger partial charge is 0.426 e. The number of unbranched alkanes of at least 4 members (excludes halogenated alkanes) is 1. The van der Waals surface area contributed by atoms with E-state index in [4.69, 9.17) is 19.2 Å². The van der Waals surface area contributed by atoms with Crippen LogP contribution in [0, 0.1) is 0 Å². The molecule has 1 aromatic heterocycles. The molecule has 47 heavy (non-hydrogen) atoms. The van der Waals surface area contributed by atoms with E-state index in [1.165, 1.54) is 0 Å². The van der Waals surface area contributed by atoms with E-state index in [-0.39, 0.29) is 18.9 Å². The molecule has 12 nitrogen and oxygen atoms in total. The van der Waals surface area contributed by atoms with Crippen molar-refractivity contribution in [1.82, 2.24) is 9.88 Å². The van der Waals surface area contributed by atoms with Crippen LogP contribution in [-0.4, -0.2) is 112 Å². The first-order chi connectivity index (χ1) is 22.8. The van der Waals surface area contributed by atoms with Gasteiger partial charge in [-0.1, -0.05) is 42.5 Å². The number of nitrogens with zero attached hydrogens (tertiary/aromatic N) is 3. The molecule has 0 spiro atoms. The third-order valence-corrected chi connectivity index (χ3v) is 8.71. The van der Waals surface area contributed by atoms with E-state index >= 15 is 0 Å². The summed E-state index contributed by atoms with van der Waals surface area (Å²) in [7, 11) is 0. The van der Waals surface area contributed by atoms with E-state index in [9.17, 15) is 30.0 Å². The standard InChI is InChI=1S/C35H39N3O9/c39-21-28-31(41)33(32(42)35(44)47-28)45-19-6-5-14-29(40)46-23-9-7-8-22(20-23)37-15-17-38(18-16-37)34(43)30-24-10-1-3-12-26(24)36-27-13-4-2-11-25(27)30/h1-4,7-13,20,28,31-33,35,39,41-42,44H,5-6,14-19,21H2. The van der Waals surface area contributed by atoms with Crippen LogP contribution in [0.5, 0.6) is 5.75 Å². The predicted molar refractivity (Wildman–Crippen MR) is 173 cm³/mol. The molecular weight excluding hydrogens is 606 g/mol. The minimum atomic E-state index is -1.58. The van der Waals surface area contributed by atoms with Crippen LogP contribution in [0.1, 0.15) is 29.6 Å². The first kappa shape index (κ1) is 32.8. The number of pyridine rings is 1. The molecule has 3 heterocycles. The lowest BCUT2D eigenvalue weighted by molar-refractivity contribution is -0.294. The summed E-state index contributed by atoms with van der Waals surface area (Å²) in [5.74, 6) is 0.00493. The van der Waals surface area contributed by atoms with E-state index in [2.05, 4.69) is 4.90 Å². The van der Waals surface area contributed by atoms with Crippen molar-refractivity contribution in [3.8, 4) is 5.75 Å². The molecule has 0 bridgehead atoms. The number of fused-ring (bicyclic) bond motifs is 2. The molecule has 1 amide bonds. The second kappa shape index (κ2) is 14.7. The van der Waals surface area contributed by atoms with Gasteiger partial charge in [-0.2, -0.15) is 0 Å². The number of aromatic nitrogens is 1. The Morgan fingerprint density at radius 1 is 0.851 bits per heavy atom. The minimum Gasteiger partial charge on any atom is -0.426 e. The lowest BCUT2D eigenvalue weighted by atomic mass is 9.99. The molecule has 12 heteroatoms. The third kappa shape index (κ3) is 7.23. The van der Waals surface area contributed by atoms with Crippen LogP contribution in [-0.2, 0) is 14.3 Å². The Morgan fingerprint density at radius 3 is 2.21 bits per heavy atom. The fourth-order valence-corrected chi connectivity index (χ4v) is 6.18. The van der Waals surface area contributed by atoms with Crippen LogP contribution < -0.4 is 9.64 Å². The zero-order chi connectivity index (χ0) is 32.9. The molecule has 0 radical (unpaired) electrons. The molecule has 4 aromatic rings. The molecule has 248 valence electrons. The van der Waals surface area contributed by atoms with Crippen molar-refractivity contribution < 1.29 is 44.2 Å². The fourth-order valence-electron chi connectivity index (χ4n) is 6.18. The average Bonchev–Trinajstić information content (AvgIpc) is 3.09. The second-order valence-corrected chi connectivity index (χ2v) is 11.8. The molecule has 3 aromatic carbocycles. The first-order valence-electron chi connectivity index (χ1n) is 15.9. The Labute approximate surface area is 271 Å². The van der Waals surface area contributed by atoms with E-state index in [0.29, 0.717) is 50.3 Å². The smallest absolute Gasteiger partial charge is 0.311 e. The van der Waals surface area contributed by atoms with E-state index in [1.807, 2.05) is 71.6 Å². The van der Waals surface area contributed by atoms with Gasteiger partial charge in [-0.05, 0) is 37.1 Å². The van der Waals surface area contributed by atoms with Crippen LogP contribution in [0.2, 0.25) is 0 Å². The monoisotopic (exact) mass is 645 g/mol. The fraction of sp³-hybridized carbons (Fsp3) is 0.400. The Hall–Kier alpha value is -4.17. The summed E-state index contributed by atoms with van der Waals surface area (Å²) in [6.07, 6.45) is -5.51. The number of aliphatic hydroxyl groups excluding tert-OH is 4. The van der Waals surface area contributed by atoms with Crippen molar-refractivity contribution in [2.24, 2.45) is 0 Å². The van der Waals surface area contributed by atoms with Crippen molar-refractivity contribution in [2.75, 3.05) is 44.3 Å². The number of para-hydroxylation sites is 2. The number of piperazine rings is 1. The summed E-state index contributed by atoms with van der Waals surface area (Å²) in [6.45, 7) is 1.91. The lowest BCUT2D eigenvalue weighted by Crippen LogP contribution is -2.59. The topological polar surface area (TPSA) is 162 Å². The molecule has 6 rings (SSSR count). The summed E-state index contributed by atoms with van der Waals surface area (Å²) in [4.78, 5) is 35.2. The minimum absolute atomic E-state index is 0.0143. The molecule has 2 aliphatic heterocycles. The number of anilines is 1. The summed E-state index contributed by atoms with van der Waals surface area (Å²) in [6, 6.07) is 22.8. The summed E-state index contributed by atoms with van der Waals surface area (Å²) in [5.41, 5.74) is 3.15. The summed E-state index contributed by atoms with van der Waals surface area (Å²) >= 11 is 0. The van der Waals surface area contributed by atoms with Gasteiger partial charge in [-0.3, -0.25) is 9.59 Å². The van der Waals surface area contributed by atoms with Crippen molar-refractivity contribution >= 4 is 39.4 Å². The van der Waals surface area contributed by atoms with Crippen LogP contribution in [0.3, 0.4) is 0 Å². The highest BCUT2D eigenvalue weighted by atomic mass is 16.6. The van der Waals surface area contributed by atoms with E-state index in [1.54, 1.807) is 6.07 Å². The number of carbonyl (C=O) groups excluding carboxylic acids is 2. The predicted octanol–water partition coefficient (Wildman–Crippen LogP) is 2.24. The normalized spacial score (nSPS) is 23.3. The Kier molecular flexibility index (Phi) is 10.3. The maximum atomic E-state index is 13.9. The number of amides is 1. The van der Waals surface area contributed by atoms with E-state index < -0.39 is 43.3 Å². The van der Waals surface area contributed by atoms with Gasteiger partial charge in [0.05, 0.1) is 23.2 Å². The van der Waals surface area contributed by atoms with Crippen LogP contribution in [0.15, 0.2) is 72.8 Å². The molecule has 0 saturated carbocycles. The molecule has 2 aliphatic rings. The Morgan fingerprint density at radius 2 is 1.53 bits per heavy atom. The first-order valence-corrected chi connectivity index (χ1v) is 15.9. The van der Waals surface area contributed by atoms with Crippen molar-refractivity contribution in [2.45, 2.75) is 50.0 Å². The summed E-state index contributed by atoms with van der Waals surface area (Å²) < 4.78 is 16.1.